The van der Waals surface area contributed by atoms with Crippen LogP contribution in [-0.4, -0.2) is 34.0 Å². The van der Waals surface area contributed by atoms with Gasteiger partial charge < -0.3 is 15.2 Å². The Morgan fingerprint density at radius 2 is 2.15 bits per heavy atom. The maximum Gasteiger partial charge on any atom is 0.255 e. The molecule has 1 aliphatic rings. The van der Waals surface area contributed by atoms with E-state index in [2.05, 4.69) is 18.4 Å². The van der Waals surface area contributed by atoms with Gasteiger partial charge in [-0.2, -0.15) is 0 Å². The van der Waals surface area contributed by atoms with Crippen LogP contribution < -0.4 is 5.73 Å². The zero-order chi connectivity index (χ0) is 14.9. The van der Waals surface area contributed by atoms with Crippen molar-refractivity contribution in [1.82, 2.24) is 9.47 Å². The number of nitrogens with two attached hydrogens (primary N) is 1. The van der Waals surface area contributed by atoms with Gasteiger partial charge in [-0.3, -0.25) is 4.79 Å². The Labute approximate surface area is 121 Å². The first-order chi connectivity index (χ1) is 9.47. The Kier molecular flexibility index (Phi) is 4.53. The molecule has 1 aliphatic heterocycles. The van der Waals surface area contributed by atoms with Gasteiger partial charge in [0.05, 0.1) is 5.56 Å². The van der Waals surface area contributed by atoms with Gasteiger partial charge in [0.15, 0.2) is 0 Å². The van der Waals surface area contributed by atoms with E-state index in [0.29, 0.717) is 0 Å². The smallest absolute Gasteiger partial charge is 0.255 e. The summed E-state index contributed by atoms with van der Waals surface area (Å²) in [5.74, 6) is 0.153. The monoisotopic (exact) mass is 277 g/mol. The fraction of sp³-hybridized carbons (Fsp3) is 0.688. The number of nitrogens with zero attached hydrogens (tertiary/aromatic N) is 2. The standard InChI is InChI=1S/C16H27N3O/c1-5-18-11(2)10-14(13(18)4)16(20)19-9-7-6-8-15(19)12(3)17/h10,12,15H,5-9,17H2,1-4H3/t12-,15-/m0/s1. The van der Waals surface area contributed by atoms with Gasteiger partial charge in [0.25, 0.3) is 5.91 Å². The molecule has 1 fully saturated rings. The molecule has 0 bridgehead atoms. The van der Waals surface area contributed by atoms with Gasteiger partial charge in [-0.1, -0.05) is 0 Å². The van der Waals surface area contributed by atoms with E-state index in [4.69, 9.17) is 5.73 Å². The van der Waals surface area contributed by atoms with Crippen LogP contribution in [0.3, 0.4) is 0 Å². The lowest BCUT2D eigenvalue weighted by atomic mass is 9.96. The van der Waals surface area contributed by atoms with E-state index in [1.807, 2.05) is 24.8 Å². The second-order valence-electron chi connectivity index (χ2n) is 5.95. The first-order valence-corrected chi connectivity index (χ1v) is 7.70. The van der Waals surface area contributed by atoms with Crippen molar-refractivity contribution >= 4 is 5.91 Å². The largest absolute Gasteiger partial charge is 0.349 e. The number of amides is 1. The molecule has 0 unspecified atom stereocenters. The van der Waals surface area contributed by atoms with Gasteiger partial charge in [-0.15, -0.1) is 0 Å². The van der Waals surface area contributed by atoms with Gasteiger partial charge in [-0.05, 0) is 53.0 Å². The number of carbonyl (C=O) groups excluding carboxylic acids is 1. The van der Waals surface area contributed by atoms with Crippen LogP contribution >= 0.6 is 0 Å². The minimum atomic E-state index is 0.0360. The predicted octanol–water partition coefficient (Wildman–Crippen LogP) is 2.47. The number of hydrogen-bond donors (Lipinski definition) is 1. The topological polar surface area (TPSA) is 51.3 Å². The van der Waals surface area contributed by atoms with Crippen LogP contribution in [-0.2, 0) is 6.54 Å². The molecule has 112 valence electrons. The highest BCUT2D eigenvalue weighted by Gasteiger charge is 2.31. The van der Waals surface area contributed by atoms with Crippen molar-refractivity contribution < 1.29 is 4.79 Å². The predicted molar refractivity (Wildman–Crippen MR) is 81.9 cm³/mol. The Hall–Kier alpha value is -1.29. The van der Waals surface area contributed by atoms with Crippen molar-refractivity contribution in [3.05, 3.63) is 23.0 Å². The minimum absolute atomic E-state index is 0.0360. The summed E-state index contributed by atoms with van der Waals surface area (Å²) >= 11 is 0. The summed E-state index contributed by atoms with van der Waals surface area (Å²) in [5.41, 5.74) is 9.15. The number of aromatic nitrogens is 1. The summed E-state index contributed by atoms with van der Waals surface area (Å²) < 4.78 is 2.19. The van der Waals surface area contributed by atoms with Crippen molar-refractivity contribution in [2.75, 3.05) is 6.54 Å². The lowest BCUT2D eigenvalue weighted by Gasteiger charge is -2.38. The summed E-state index contributed by atoms with van der Waals surface area (Å²) in [4.78, 5) is 14.9. The van der Waals surface area contributed by atoms with Gasteiger partial charge in [0, 0.05) is 36.6 Å². The van der Waals surface area contributed by atoms with Gasteiger partial charge in [-0.25, -0.2) is 0 Å². The highest BCUT2D eigenvalue weighted by Crippen LogP contribution is 2.24. The Morgan fingerprint density at radius 3 is 2.70 bits per heavy atom. The molecule has 1 aromatic rings. The zero-order valence-corrected chi connectivity index (χ0v) is 13.1. The summed E-state index contributed by atoms with van der Waals surface area (Å²) in [5, 5.41) is 0. The average molecular weight is 277 g/mol. The van der Waals surface area contributed by atoms with Crippen molar-refractivity contribution in [3.63, 3.8) is 0 Å². The first-order valence-electron chi connectivity index (χ1n) is 7.70. The van der Waals surface area contributed by atoms with Crippen LogP contribution in [0.15, 0.2) is 6.07 Å². The molecule has 1 amide bonds. The molecule has 2 N–H and O–H groups in total. The minimum Gasteiger partial charge on any atom is -0.349 e. The molecule has 0 aliphatic carbocycles. The van der Waals surface area contributed by atoms with Gasteiger partial charge in [0.1, 0.15) is 0 Å². The SMILES string of the molecule is CCn1c(C)cc(C(=O)N2CCCC[C@H]2[C@H](C)N)c1C. The fourth-order valence-electron chi connectivity index (χ4n) is 3.42. The van der Waals surface area contributed by atoms with Crippen LogP contribution in [0.25, 0.3) is 0 Å². The van der Waals surface area contributed by atoms with Crippen molar-refractivity contribution in [2.24, 2.45) is 5.73 Å². The van der Waals surface area contributed by atoms with Gasteiger partial charge >= 0.3 is 0 Å². The van der Waals surface area contributed by atoms with Crippen LogP contribution in [0.2, 0.25) is 0 Å². The molecule has 2 heterocycles. The summed E-state index contributed by atoms with van der Waals surface area (Å²) in [6.07, 6.45) is 3.28. The zero-order valence-electron chi connectivity index (χ0n) is 13.1. The van der Waals surface area contributed by atoms with E-state index in [9.17, 15) is 4.79 Å². The normalized spacial score (nSPS) is 21.1. The molecule has 2 rings (SSSR count). The van der Waals surface area contributed by atoms with Crippen LogP contribution in [0, 0.1) is 13.8 Å². The molecule has 20 heavy (non-hydrogen) atoms. The maximum absolute atomic E-state index is 12.9. The molecule has 4 heteroatoms. The number of carbonyl (C=O) groups is 1. The number of likely N-dealkylation sites (tertiary alicyclic amines) is 1. The van der Waals surface area contributed by atoms with E-state index in [1.54, 1.807) is 0 Å². The molecule has 0 saturated carbocycles. The third-order valence-corrected chi connectivity index (χ3v) is 4.54. The molecule has 4 nitrogen and oxygen atoms in total. The lowest BCUT2D eigenvalue weighted by molar-refractivity contribution is 0.0583. The molecule has 2 atom stereocenters. The molecule has 1 aromatic heterocycles. The van der Waals surface area contributed by atoms with E-state index < -0.39 is 0 Å². The van der Waals surface area contributed by atoms with E-state index in [-0.39, 0.29) is 18.0 Å². The van der Waals surface area contributed by atoms with Crippen molar-refractivity contribution in [1.29, 1.82) is 0 Å². The summed E-state index contributed by atoms with van der Waals surface area (Å²) in [6.45, 7) is 9.95. The molecule has 0 spiro atoms. The molecular weight excluding hydrogens is 250 g/mol. The number of rotatable bonds is 3. The Balaban J connectivity index is 2.30. The van der Waals surface area contributed by atoms with Gasteiger partial charge in [0.2, 0.25) is 0 Å². The van der Waals surface area contributed by atoms with Crippen LogP contribution in [0.5, 0.6) is 0 Å². The number of hydrogen-bond acceptors (Lipinski definition) is 2. The van der Waals surface area contributed by atoms with Crippen LogP contribution in [0.1, 0.15) is 54.9 Å². The van der Waals surface area contributed by atoms with Crippen molar-refractivity contribution in [2.45, 2.75) is 65.6 Å². The fourth-order valence-corrected chi connectivity index (χ4v) is 3.42. The number of aryl methyl sites for hydroxylation is 1. The summed E-state index contributed by atoms with van der Waals surface area (Å²) in [7, 11) is 0. The van der Waals surface area contributed by atoms with Crippen LogP contribution in [0.4, 0.5) is 0 Å². The lowest BCUT2D eigenvalue weighted by Crippen LogP contribution is -2.51. The van der Waals surface area contributed by atoms with E-state index >= 15 is 0 Å². The highest BCUT2D eigenvalue weighted by molar-refractivity contribution is 5.96. The summed E-state index contributed by atoms with van der Waals surface area (Å²) in [6, 6.07) is 2.24. The highest BCUT2D eigenvalue weighted by atomic mass is 16.2. The molecule has 0 aromatic carbocycles. The third-order valence-electron chi connectivity index (χ3n) is 4.54. The third kappa shape index (κ3) is 2.62. The average Bonchev–Trinajstić information content (AvgIpc) is 2.72. The van der Waals surface area contributed by atoms with E-state index in [0.717, 1.165) is 42.9 Å². The maximum atomic E-state index is 12.9. The molecule has 0 radical (unpaired) electrons. The second-order valence-corrected chi connectivity index (χ2v) is 5.95. The Bertz CT molecular complexity index is 490. The van der Waals surface area contributed by atoms with Crippen molar-refractivity contribution in [3.8, 4) is 0 Å². The van der Waals surface area contributed by atoms with E-state index in [1.165, 1.54) is 6.42 Å². The first kappa shape index (κ1) is 15.1. The number of piperidine rings is 1. The second kappa shape index (κ2) is 6.00. The molecule has 1 saturated heterocycles. The molecular formula is C16H27N3O. The quantitative estimate of drug-likeness (QED) is 0.922. The Morgan fingerprint density at radius 1 is 1.45 bits per heavy atom.